The molecule has 18 heavy (non-hydrogen) atoms. The molecule has 2 rings (SSSR count). The Hall–Kier alpha value is -2.37. The maximum absolute atomic E-state index is 11.7. The molecule has 1 aromatic carbocycles. The first kappa shape index (κ1) is 12.1. The summed E-state index contributed by atoms with van der Waals surface area (Å²) in [7, 11) is 1.38. The molecule has 0 saturated carbocycles. The third-order valence-electron chi connectivity index (χ3n) is 2.70. The van der Waals surface area contributed by atoms with Crippen LogP contribution >= 0.6 is 0 Å². The molecule has 94 valence electrons. The maximum Gasteiger partial charge on any atom is 0.337 e. The number of nitrogens with zero attached hydrogens (tertiary/aromatic N) is 1. The van der Waals surface area contributed by atoms with E-state index in [4.69, 9.17) is 9.84 Å². The lowest BCUT2D eigenvalue weighted by Crippen LogP contribution is -2.27. The SMILES string of the molecule is COc1cccc(C(=O)O)c1N1CC(=O)CC1=O. The van der Waals surface area contributed by atoms with Crippen LogP contribution in [0.5, 0.6) is 5.75 Å². The fourth-order valence-electron chi connectivity index (χ4n) is 1.93. The molecule has 1 amide bonds. The van der Waals surface area contributed by atoms with Gasteiger partial charge in [0.1, 0.15) is 11.4 Å². The van der Waals surface area contributed by atoms with E-state index in [9.17, 15) is 14.4 Å². The summed E-state index contributed by atoms with van der Waals surface area (Å²) in [5, 5.41) is 9.12. The molecular weight excluding hydrogens is 238 g/mol. The number of hydrogen-bond donors (Lipinski definition) is 1. The van der Waals surface area contributed by atoms with Crippen molar-refractivity contribution < 1.29 is 24.2 Å². The standard InChI is InChI=1S/C12H11NO5/c1-18-9-4-2-3-8(12(16)17)11(9)13-6-7(14)5-10(13)15/h2-4H,5-6H2,1H3,(H,16,17). The van der Waals surface area contributed by atoms with Crippen LogP contribution in [0, 0.1) is 0 Å². The van der Waals surface area contributed by atoms with Gasteiger partial charge >= 0.3 is 5.97 Å². The third-order valence-corrected chi connectivity index (χ3v) is 2.70. The number of ether oxygens (including phenoxy) is 1. The lowest BCUT2D eigenvalue weighted by molar-refractivity contribution is -0.121. The Morgan fingerprint density at radius 1 is 1.39 bits per heavy atom. The van der Waals surface area contributed by atoms with E-state index in [1.165, 1.54) is 19.2 Å². The first-order chi connectivity index (χ1) is 8.54. The van der Waals surface area contributed by atoms with Crippen LogP contribution in [-0.2, 0) is 9.59 Å². The highest BCUT2D eigenvalue weighted by Gasteiger charge is 2.33. The summed E-state index contributed by atoms with van der Waals surface area (Å²) >= 11 is 0. The van der Waals surface area contributed by atoms with E-state index < -0.39 is 11.9 Å². The van der Waals surface area contributed by atoms with Crippen LogP contribution in [0.2, 0.25) is 0 Å². The van der Waals surface area contributed by atoms with Crippen molar-refractivity contribution in [2.75, 3.05) is 18.6 Å². The van der Waals surface area contributed by atoms with Gasteiger partial charge in [-0.15, -0.1) is 0 Å². The molecule has 1 aromatic rings. The highest BCUT2D eigenvalue weighted by molar-refractivity contribution is 6.17. The van der Waals surface area contributed by atoms with Crippen LogP contribution in [0.4, 0.5) is 5.69 Å². The van der Waals surface area contributed by atoms with E-state index in [0.717, 1.165) is 4.90 Å². The lowest BCUT2D eigenvalue weighted by Gasteiger charge is -2.20. The molecule has 6 heteroatoms. The minimum Gasteiger partial charge on any atom is -0.495 e. The molecule has 0 radical (unpaired) electrons. The van der Waals surface area contributed by atoms with Gasteiger partial charge in [0.05, 0.1) is 25.6 Å². The molecule has 0 bridgehead atoms. The molecule has 0 atom stereocenters. The molecule has 0 unspecified atom stereocenters. The average Bonchev–Trinajstić information content (AvgIpc) is 2.67. The fraction of sp³-hybridized carbons (Fsp3) is 0.250. The first-order valence-corrected chi connectivity index (χ1v) is 5.27. The van der Waals surface area contributed by atoms with E-state index in [1.54, 1.807) is 6.07 Å². The van der Waals surface area contributed by atoms with Crippen molar-refractivity contribution in [1.82, 2.24) is 0 Å². The number of carbonyl (C=O) groups excluding carboxylic acids is 2. The van der Waals surface area contributed by atoms with E-state index in [1.807, 2.05) is 0 Å². The summed E-state index contributed by atoms with van der Waals surface area (Å²) in [6.07, 6.45) is -0.197. The van der Waals surface area contributed by atoms with Crippen LogP contribution in [0.25, 0.3) is 0 Å². The van der Waals surface area contributed by atoms with Crippen molar-refractivity contribution in [3.8, 4) is 5.75 Å². The Balaban J connectivity index is 2.57. The molecule has 0 spiro atoms. The second kappa shape index (κ2) is 4.48. The quantitative estimate of drug-likeness (QED) is 0.797. The zero-order valence-electron chi connectivity index (χ0n) is 9.67. The Bertz CT molecular complexity index is 537. The van der Waals surface area contributed by atoms with Gasteiger partial charge in [-0.05, 0) is 12.1 Å². The first-order valence-electron chi connectivity index (χ1n) is 5.27. The topological polar surface area (TPSA) is 83.9 Å². The monoisotopic (exact) mass is 249 g/mol. The number of hydrogen-bond acceptors (Lipinski definition) is 4. The molecule has 1 aliphatic rings. The zero-order valence-corrected chi connectivity index (χ0v) is 9.67. The number of carboxylic acid groups (broad SMARTS) is 1. The summed E-state index contributed by atoms with van der Waals surface area (Å²) in [4.78, 5) is 35.3. The number of aromatic carboxylic acids is 1. The van der Waals surface area contributed by atoms with E-state index >= 15 is 0 Å². The molecule has 0 aromatic heterocycles. The van der Waals surface area contributed by atoms with E-state index in [0.29, 0.717) is 0 Å². The summed E-state index contributed by atoms with van der Waals surface area (Å²) < 4.78 is 5.06. The number of carbonyl (C=O) groups is 3. The maximum atomic E-state index is 11.7. The van der Waals surface area contributed by atoms with Gasteiger partial charge in [-0.3, -0.25) is 9.59 Å². The number of methoxy groups -OCH3 is 1. The van der Waals surface area contributed by atoms with Crippen molar-refractivity contribution in [1.29, 1.82) is 0 Å². The third kappa shape index (κ3) is 1.92. The number of benzene rings is 1. The highest BCUT2D eigenvalue weighted by Crippen LogP contribution is 2.34. The summed E-state index contributed by atoms with van der Waals surface area (Å²) in [5.41, 5.74) is 0.0840. The minimum absolute atomic E-state index is 0.0580. The predicted molar refractivity (Wildman–Crippen MR) is 61.9 cm³/mol. The average molecular weight is 249 g/mol. The fourth-order valence-corrected chi connectivity index (χ4v) is 1.93. The number of ketones is 1. The van der Waals surface area contributed by atoms with Gasteiger partial charge in [-0.1, -0.05) is 6.07 Å². The molecule has 1 heterocycles. The second-order valence-corrected chi connectivity index (χ2v) is 3.86. The van der Waals surface area contributed by atoms with Gasteiger partial charge in [0.15, 0.2) is 5.78 Å². The largest absolute Gasteiger partial charge is 0.495 e. The molecule has 1 fully saturated rings. The zero-order chi connectivity index (χ0) is 13.3. The Kier molecular flexibility index (Phi) is 3.01. The van der Waals surface area contributed by atoms with Gasteiger partial charge in [-0.2, -0.15) is 0 Å². The molecule has 1 aliphatic heterocycles. The van der Waals surface area contributed by atoms with Crippen molar-refractivity contribution in [3.63, 3.8) is 0 Å². The number of anilines is 1. The van der Waals surface area contributed by atoms with E-state index in [-0.39, 0.29) is 35.7 Å². The number of Topliss-reactive ketones (excluding diaryl/α,β-unsaturated/α-hetero) is 1. The molecule has 6 nitrogen and oxygen atoms in total. The van der Waals surface area contributed by atoms with Gasteiger partial charge in [0, 0.05) is 0 Å². The Morgan fingerprint density at radius 2 is 2.11 bits per heavy atom. The number of carboxylic acids is 1. The van der Waals surface area contributed by atoms with Gasteiger partial charge in [0.25, 0.3) is 0 Å². The van der Waals surface area contributed by atoms with Crippen molar-refractivity contribution in [2.24, 2.45) is 0 Å². The van der Waals surface area contributed by atoms with E-state index in [2.05, 4.69) is 0 Å². The smallest absolute Gasteiger partial charge is 0.337 e. The van der Waals surface area contributed by atoms with Crippen LogP contribution in [0.1, 0.15) is 16.8 Å². The van der Waals surface area contributed by atoms with Crippen LogP contribution < -0.4 is 9.64 Å². The summed E-state index contributed by atoms with van der Waals surface area (Å²) in [5.74, 6) is -1.55. The molecule has 0 aliphatic carbocycles. The number of amides is 1. The minimum atomic E-state index is -1.17. The van der Waals surface area contributed by atoms with Gasteiger partial charge < -0.3 is 14.7 Å². The normalized spacial score (nSPS) is 15.1. The summed E-state index contributed by atoms with van der Waals surface area (Å²) in [6.45, 7) is -0.112. The van der Waals surface area contributed by atoms with Crippen LogP contribution in [0.3, 0.4) is 0 Å². The van der Waals surface area contributed by atoms with Gasteiger partial charge in [0.2, 0.25) is 5.91 Å². The highest BCUT2D eigenvalue weighted by atomic mass is 16.5. The van der Waals surface area contributed by atoms with Crippen molar-refractivity contribution in [3.05, 3.63) is 23.8 Å². The van der Waals surface area contributed by atoms with Crippen LogP contribution in [-0.4, -0.2) is 36.4 Å². The predicted octanol–water partition coefficient (Wildman–Crippen LogP) is 0.699. The van der Waals surface area contributed by atoms with Crippen LogP contribution in [0.15, 0.2) is 18.2 Å². The Labute approximate surface area is 103 Å². The second-order valence-electron chi connectivity index (χ2n) is 3.86. The summed E-state index contributed by atoms with van der Waals surface area (Å²) in [6, 6.07) is 4.45. The molecule has 1 saturated heterocycles. The Morgan fingerprint density at radius 3 is 2.61 bits per heavy atom. The molecular formula is C12H11NO5. The molecule has 1 N–H and O–H groups in total. The van der Waals surface area contributed by atoms with Crippen molar-refractivity contribution in [2.45, 2.75) is 6.42 Å². The van der Waals surface area contributed by atoms with Crippen molar-refractivity contribution >= 4 is 23.3 Å². The van der Waals surface area contributed by atoms with Gasteiger partial charge in [-0.25, -0.2) is 4.79 Å². The lowest BCUT2D eigenvalue weighted by atomic mass is 10.1. The number of rotatable bonds is 3. The number of para-hydroxylation sites is 1.